The Morgan fingerprint density at radius 1 is 1.20 bits per heavy atom. The molecule has 0 radical (unpaired) electrons. The van der Waals surface area contributed by atoms with Crippen LogP contribution in [0.1, 0.15) is 41.7 Å². The summed E-state index contributed by atoms with van der Waals surface area (Å²) in [6, 6.07) is 8.10. The molecule has 2 aromatic rings. The van der Waals surface area contributed by atoms with Gasteiger partial charge in [-0.05, 0) is 17.9 Å². The summed E-state index contributed by atoms with van der Waals surface area (Å²) in [7, 11) is 0. The van der Waals surface area contributed by atoms with Gasteiger partial charge in [-0.3, -0.25) is 4.79 Å². The lowest BCUT2D eigenvalue weighted by molar-refractivity contribution is 0.100. The average Bonchev–Trinajstić information content (AvgIpc) is 2.79. The molecule has 0 spiro atoms. The van der Waals surface area contributed by atoms with Crippen molar-refractivity contribution in [2.24, 2.45) is 5.18 Å². The molecule has 0 saturated carbocycles. The second-order valence-corrected chi connectivity index (χ2v) is 6.66. The van der Waals surface area contributed by atoms with Gasteiger partial charge in [0.25, 0.3) is 0 Å². The van der Waals surface area contributed by atoms with E-state index < -0.39 is 5.91 Å². The van der Waals surface area contributed by atoms with Crippen molar-refractivity contribution in [3.8, 4) is 10.6 Å². The zero-order valence-electron chi connectivity index (χ0n) is 11.9. The van der Waals surface area contributed by atoms with Gasteiger partial charge in [-0.15, -0.1) is 16.2 Å². The number of thiazole rings is 1. The SMILES string of the molecule is Cc1nc(-c2ccc(C(C)(C)C)cc2)sc1C(=O)N=O. The van der Waals surface area contributed by atoms with Gasteiger partial charge in [0.1, 0.15) is 9.88 Å². The number of nitroso groups, excluding NO2 is 1. The molecule has 0 atom stereocenters. The van der Waals surface area contributed by atoms with Crippen molar-refractivity contribution in [2.45, 2.75) is 33.1 Å². The van der Waals surface area contributed by atoms with Gasteiger partial charge >= 0.3 is 5.91 Å². The third-order valence-corrected chi connectivity index (χ3v) is 4.27. The quantitative estimate of drug-likeness (QED) is 0.773. The minimum Gasteiger partial charge on any atom is -0.262 e. The molecule has 2 rings (SSSR count). The van der Waals surface area contributed by atoms with Crippen LogP contribution in [0.5, 0.6) is 0 Å². The molecular formula is C15H16N2O2S. The Labute approximate surface area is 121 Å². The van der Waals surface area contributed by atoms with Gasteiger partial charge in [0.2, 0.25) is 0 Å². The smallest absolute Gasteiger partial charge is 0.262 e. The Balaban J connectivity index is 2.38. The van der Waals surface area contributed by atoms with E-state index in [1.807, 2.05) is 12.1 Å². The molecule has 20 heavy (non-hydrogen) atoms. The van der Waals surface area contributed by atoms with E-state index in [-0.39, 0.29) is 5.41 Å². The first-order valence-electron chi connectivity index (χ1n) is 6.29. The molecule has 0 aliphatic rings. The molecule has 0 unspecified atom stereocenters. The van der Waals surface area contributed by atoms with E-state index in [0.29, 0.717) is 10.6 Å². The molecule has 1 heterocycles. The Morgan fingerprint density at radius 3 is 2.30 bits per heavy atom. The zero-order chi connectivity index (χ0) is 14.9. The van der Waals surface area contributed by atoms with Crippen molar-refractivity contribution >= 4 is 17.2 Å². The Hall–Kier alpha value is -1.88. The number of hydrogen-bond acceptors (Lipinski definition) is 4. The molecule has 0 bridgehead atoms. The minimum atomic E-state index is -0.752. The largest absolute Gasteiger partial charge is 0.328 e. The fourth-order valence-electron chi connectivity index (χ4n) is 1.87. The first-order chi connectivity index (χ1) is 9.32. The summed E-state index contributed by atoms with van der Waals surface area (Å²) >= 11 is 1.20. The van der Waals surface area contributed by atoms with Crippen molar-refractivity contribution in [3.63, 3.8) is 0 Å². The van der Waals surface area contributed by atoms with Crippen LogP contribution in [0.2, 0.25) is 0 Å². The monoisotopic (exact) mass is 288 g/mol. The van der Waals surface area contributed by atoms with E-state index in [0.717, 1.165) is 10.6 Å². The minimum absolute atomic E-state index is 0.0971. The van der Waals surface area contributed by atoms with Crippen LogP contribution in [0.15, 0.2) is 29.4 Å². The number of rotatable bonds is 2. The number of nitrogens with zero attached hydrogens (tertiary/aromatic N) is 2. The van der Waals surface area contributed by atoms with Crippen LogP contribution >= 0.6 is 11.3 Å². The van der Waals surface area contributed by atoms with Gasteiger partial charge in [0.15, 0.2) is 0 Å². The van der Waals surface area contributed by atoms with Crippen molar-refractivity contribution in [1.82, 2.24) is 4.98 Å². The normalized spacial score (nSPS) is 11.4. The van der Waals surface area contributed by atoms with E-state index >= 15 is 0 Å². The highest BCUT2D eigenvalue weighted by Crippen LogP contribution is 2.30. The first kappa shape index (κ1) is 14.5. The number of aromatic nitrogens is 1. The van der Waals surface area contributed by atoms with Crippen LogP contribution in [-0.4, -0.2) is 10.9 Å². The highest BCUT2D eigenvalue weighted by atomic mass is 32.1. The van der Waals surface area contributed by atoms with Gasteiger partial charge < -0.3 is 0 Å². The van der Waals surface area contributed by atoms with Crippen LogP contribution in [0.25, 0.3) is 10.6 Å². The predicted octanol–water partition coefficient (Wildman–Crippen LogP) is 4.32. The summed E-state index contributed by atoms with van der Waals surface area (Å²) < 4.78 is 0. The summed E-state index contributed by atoms with van der Waals surface area (Å²) in [5, 5.41) is 3.19. The molecular weight excluding hydrogens is 272 g/mol. The molecule has 0 N–H and O–H groups in total. The number of carbonyl (C=O) groups excluding carboxylic acids is 1. The van der Waals surface area contributed by atoms with E-state index in [1.54, 1.807) is 6.92 Å². The van der Waals surface area contributed by atoms with Gasteiger partial charge in [0.05, 0.1) is 5.69 Å². The fourth-order valence-corrected chi connectivity index (χ4v) is 2.82. The topological polar surface area (TPSA) is 59.4 Å². The summed E-state index contributed by atoms with van der Waals surface area (Å²) in [6.45, 7) is 8.17. The van der Waals surface area contributed by atoms with Gasteiger partial charge in [-0.25, -0.2) is 4.98 Å². The van der Waals surface area contributed by atoms with Crippen molar-refractivity contribution in [1.29, 1.82) is 0 Å². The summed E-state index contributed by atoms with van der Waals surface area (Å²) in [5.74, 6) is -0.752. The first-order valence-corrected chi connectivity index (χ1v) is 7.10. The molecule has 104 valence electrons. The highest BCUT2D eigenvalue weighted by Gasteiger charge is 2.17. The molecule has 4 nitrogen and oxygen atoms in total. The molecule has 1 aromatic heterocycles. The lowest BCUT2D eigenvalue weighted by Gasteiger charge is -2.18. The molecule has 5 heteroatoms. The average molecular weight is 288 g/mol. The molecule has 0 saturated heterocycles. The predicted molar refractivity (Wildman–Crippen MR) is 81.1 cm³/mol. The lowest BCUT2D eigenvalue weighted by Crippen LogP contribution is -2.10. The van der Waals surface area contributed by atoms with Crippen molar-refractivity contribution in [3.05, 3.63) is 45.3 Å². The third kappa shape index (κ3) is 2.82. The van der Waals surface area contributed by atoms with Crippen LogP contribution in [0.4, 0.5) is 0 Å². The zero-order valence-corrected chi connectivity index (χ0v) is 12.7. The van der Waals surface area contributed by atoms with Gasteiger partial charge in [-0.1, -0.05) is 45.0 Å². The van der Waals surface area contributed by atoms with Crippen molar-refractivity contribution in [2.75, 3.05) is 0 Å². The number of carbonyl (C=O) groups is 1. The Kier molecular flexibility index (Phi) is 3.81. The number of amides is 1. The van der Waals surface area contributed by atoms with Crippen LogP contribution < -0.4 is 0 Å². The maximum Gasteiger partial charge on any atom is 0.328 e. The number of hydrogen-bond donors (Lipinski definition) is 0. The van der Waals surface area contributed by atoms with E-state index in [2.05, 4.69) is 43.1 Å². The maximum atomic E-state index is 11.4. The molecule has 1 aromatic carbocycles. The van der Waals surface area contributed by atoms with E-state index in [9.17, 15) is 9.70 Å². The maximum absolute atomic E-state index is 11.4. The van der Waals surface area contributed by atoms with Crippen molar-refractivity contribution < 1.29 is 4.79 Å². The fraction of sp³-hybridized carbons (Fsp3) is 0.333. The van der Waals surface area contributed by atoms with Gasteiger partial charge in [-0.2, -0.15) is 0 Å². The lowest BCUT2D eigenvalue weighted by atomic mass is 9.87. The summed E-state index contributed by atoms with van der Waals surface area (Å²) in [6.07, 6.45) is 0. The van der Waals surface area contributed by atoms with Gasteiger partial charge in [0, 0.05) is 10.7 Å². The van der Waals surface area contributed by atoms with Crippen LogP contribution in [0, 0.1) is 11.8 Å². The molecule has 0 aliphatic heterocycles. The van der Waals surface area contributed by atoms with E-state index in [1.165, 1.54) is 16.9 Å². The molecule has 0 fully saturated rings. The van der Waals surface area contributed by atoms with Crippen LogP contribution in [-0.2, 0) is 5.41 Å². The third-order valence-electron chi connectivity index (χ3n) is 3.07. The van der Waals surface area contributed by atoms with E-state index in [4.69, 9.17) is 0 Å². The summed E-state index contributed by atoms with van der Waals surface area (Å²) in [4.78, 5) is 26.3. The molecule has 0 aliphatic carbocycles. The second kappa shape index (κ2) is 5.25. The summed E-state index contributed by atoms with van der Waals surface area (Å²) in [5.41, 5.74) is 2.82. The highest BCUT2D eigenvalue weighted by molar-refractivity contribution is 7.17. The molecule has 1 amide bonds. The Morgan fingerprint density at radius 2 is 1.80 bits per heavy atom. The van der Waals surface area contributed by atoms with Crippen LogP contribution in [0.3, 0.4) is 0 Å². The second-order valence-electron chi connectivity index (χ2n) is 5.66. The number of benzene rings is 1. The number of aryl methyl sites for hydroxylation is 1. The standard InChI is InChI=1S/C15H16N2O2S/c1-9-12(13(18)17-19)20-14(16-9)10-5-7-11(8-6-10)15(2,3)4/h5-8H,1-4H3. The Bertz CT molecular complexity index is 652.